The summed E-state index contributed by atoms with van der Waals surface area (Å²) >= 11 is 1.34. The van der Waals surface area contributed by atoms with Gasteiger partial charge in [-0.3, -0.25) is 4.79 Å². The number of nitrogens with two attached hydrogens (primary N) is 2. The SMILES string of the molecule is Nc1cc(=O)[nH]c(SCc2cc3c(cc2N)OCCO3)n1. The molecule has 0 amide bonds. The van der Waals surface area contributed by atoms with Crippen molar-refractivity contribution < 1.29 is 9.47 Å². The number of nitrogens with one attached hydrogen (secondary N) is 1. The zero-order chi connectivity index (χ0) is 14.8. The van der Waals surface area contributed by atoms with E-state index in [1.54, 1.807) is 6.07 Å². The van der Waals surface area contributed by atoms with Crippen LogP contribution in [0.3, 0.4) is 0 Å². The van der Waals surface area contributed by atoms with Crippen molar-refractivity contribution in [3.8, 4) is 11.5 Å². The molecule has 1 aliphatic rings. The van der Waals surface area contributed by atoms with E-state index >= 15 is 0 Å². The Bertz CT molecular complexity index is 732. The zero-order valence-corrected chi connectivity index (χ0v) is 11.9. The monoisotopic (exact) mass is 306 g/mol. The van der Waals surface area contributed by atoms with Crippen LogP contribution in [0.15, 0.2) is 28.2 Å². The lowest BCUT2D eigenvalue weighted by Gasteiger charge is -2.20. The number of hydrogen-bond donors (Lipinski definition) is 3. The van der Waals surface area contributed by atoms with Crippen molar-refractivity contribution in [1.82, 2.24) is 9.97 Å². The summed E-state index contributed by atoms with van der Waals surface area (Å²) in [5.74, 6) is 2.06. The number of aromatic amines is 1. The molecule has 0 saturated heterocycles. The van der Waals surface area contributed by atoms with E-state index in [0.717, 1.165) is 5.56 Å². The average Bonchev–Trinajstić information content (AvgIpc) is 2.44. The van der Waals surface area contributed by atoms with Crippen molar-refractivity contribution in [3.63, 3.8) is 0 Å². The predicted octanol–water partition coefficient (Wildman–Crippen LogP) is 0.998. The topological polar surface area (TPSA) is 116 Å². The van der Waals surface area contributed by atoms with Crippen molar-refractivity contribution in [2.75, 3.05) is 24.7 Å². The highest BCUT2D eigenvalue weighted by Crippen LogP contribution is 2.36. The van der Waals surface area contributed by atoms with Crippen molar-refractivity contribution in [2.24, 2.45) is 0 Å². The van der Waals surface area contributed by atoms with Gasteiger partial charge in [0, 0.05) is 23.6 Å². The molecule has 1 aliphatic heterocycles. The first-order valence-corrected chi connectivity index (χ1v) is 7.28. The van der Waals surface area contributed by atoms with E-state index in [1.165, 1.54) is 17.8 Å². The fraction of sp³-hybridized carbons (Fsp3) is 0.231. The molecule has 1 aromatic heterocycles. The van der Waals surface area contributed by atoms with E-state index in [1.807, 2.05) is 6.07 Å². The van der Waals surface area contributed by atoms with Gasteiger partial charge in [-0.25, -0.2) is 4.98 Å². The van der Waals surface area contributed by atoms with Crippen LogP contribution in [0.5, 0.6) is 11.5 Å². The van der Waals surface area contributed by atoms with Crippen LogP contribution >= 0.6 is 11.8 Å². The number of rotatable bonds is 3. The molecule has 2 heterocycles. The summed E-state index contributed by atoms with van der Waals surface area (Å²) in [5.41, 5.74) is 12.8. The van der Waals surface area contributed by atoms with Crippen molar-refractivity contribution in [3.05, 3.63) is 34.1 Å². The van der Waals surface area contributed by atoms with Gasteiger partial charge in [0.2, 0.25) is 0 Å². The van der Waals surface area contributed by atoms with Gasteiger partial charge in [0.1, 0.15) is 19.0 Å². The van der Waals surface area contributed by atoms with Crippen LogP contribution in [0.25, 0.3) is 0 Å². The highest BCUT2D eigenvalue weighted by Gasteiger charge is 2.15. The van der Waals surface area contributed by atoms with Crippen LogP contribution in [0, 0.1) is 0 Å². The van der Waals surface area contributed by atoms with Gasteiger partial charge in [-0.15, -0.1) is 0 Å². The van der Waals surface area contributed by atoms with E-state index in [2.05, 4.69) is 9.97 Å². The van der Waals surface area contributed by atoms with Crippen LogP contribution < -0.4 is 26.5 Å². The maximum Gasteiger partial charge on any atom is 0.253 e. The summed E-state index contributed by atoms with van der Waals surface area (Å²) in [4.78, 5) is 18.0. The number of nitrogens with zero attached hydrogens (tertiary/aromatic N) is 1. The molecular weight excluding hydrogens is 292 g/mol. The van der Waals surface area contributed by atoms with Gasteiger partial charge < -0.3 is 25.9 Å². The maximum absolute atomic E-state index is 11.3. The summed E-state index contributed by atoms with van der Waals surface area (Å²) in [5, 5.41) is 0.453. The normalized spacial score (nSPS) is 13.1. The van der Waals surface area contributed by atoms with E-state index in [4.69, 9.17) is 20.9 Å². The highest BCUT2D eigenvalue weighted by atomic mass is 32.2. The standard InChI is InChI=1S/C13H14N4O3S/c14-8-4-10-9(19-1-2-20-10)3-7(8)6-21-13-16-11(15)5-12(18)17-13/h3-5H,1-2,6,14H2,(H3,15,16,17,18). The van der Waals surface area contributed by atoms with Gasteiger partial charge in [-0.1, -0.05) is 11.8 Å². The lowest BCUT2D eigenvalue weighted by Crippen LogP contribution is -2.16. The Labute approximate surface area is 124 Å². The van der Waals surface area contributed by atoms with Crippen molar-refractivity contribution in [2.45, 2.75) is 10.9 Å². The Morgan fingerprint density at radius 1 is 1.19 bits per heavy atom. The minimum atomic E-state index is -0.278. The predicted molar refractivity (Wildman–Crippen MR) is 80.7 cm³/mol. The summed E-state index contributed by atoms with van der Waals surface area (Å²) in [6, 6.07) is 4.84. The number of H-pyrrole nitrogens is 1. The first-order valence-electron chi connectivity index (χ1n) is 6.29. The number of anilines is 2. The third-order valence-corrected chi connectivity index (χ3v) is 3.83. The summed E-state index contributed by atoms with van der Waals surface area (Å²) in [6.07, 6.45) is 0. The molecule has 0 fully saturated rings. The van der Waals surface area contributed by atoms with Crippen molar-refractivity contribution in [1.29, 1.82) is 0 Å². The number of ether oxygens (including phenoxy) is 2. The Kier molecular flexibility index (Phi) is 3.61. The molecule has 1 aromatic carbocycles. The fourth-order valence-corrected chi connectivity index (χ4v) is 2.82. The molecule has 7 nitrogen and oxygen atoms in total. The van der Waals surface area contributed by atoms with Crippen LogP contribution in [0.2, 0.25) is 0 Å². The molecule has 8 heteroatoms. The number of benzene rings is 1. The first-order chi connectivity index (χ1) is 10.1. The minimum absolute atomic E-state index is 0.191. The number of thioether (sulfide) groups is 1. The Morgan fingerprint density at radius 3 is 2.62 bits per heavy atom. The molecule has 0 unspecified atom stereocenters. The first kappa shape index (κ1) is 13.6. The molecule has 110 valence electrons. The third-order valence-electron chi connectivity index (χ3n) is 2.91. The second-order valence-corrected chi connectivity index (χ2v) is 5.42. The van der Waals surface area contributed by atoms with Crippen LogP contribution in [-0.2, 0) is 5.75 Å². The molecule has 0 radical (unpaired) electrons. The van der Waals surface area contributed by atoms with E-state index < -0.39 is 0 Å². The van der Waals surface area contributed by atoms with Gasteiger partial charge in [0.05, 0.1) is 0 Å². The van der Waals surface area contributed by atoms with E-state index in [9.17, 15) is 4.79 Å². The largest absolute Gasteiger partial charge is 0.486 e. The number of nitrogen functional groups attached to an aromatic ring is 2. The van der Waals surface area contributed by atoms with Gasteiger partial charge in [-0.2, -0.15) is 0 Å². The van der Waals surface area contributed by atoms with Gasteiger partial charge in [0.15, 0.2) is 16.7 Å². The number of fused-ring (bicyclic) bond motifs is 1. The molecule has 2 aromatic rings. The van der Waals surface area contributed by atoms with Crippen LogP contribution in [0.1, 0.15) is 5.56 Å². The lowest BCUT2D eigenvalue weighted by molar-refractivity contribution is 0.171. The fourth-order valence-electron chi connectivity index (χ4n) is 1.94. The summed E-state index contributed by atoms with van der Waals surface area (Å²) in [7, 11) is 0. The van der Waals surface area contributed by atoms with Crippen LogP contribution in [0.4, 0.5) is 11.5 Å². The van der Waals surface area contributed by atoms with Crippen molar-refractivity contribution >= 4 is 23.3 Å². The molecule has 0 saturated carbocycles. The maximum atomic E-state index is 11.3. The average molecular weight is 306 g/mol. The quantitative estimate of drug-likeness (QED) is 0.440. The molecule has 0 aliphatic carbocycles. The lowest BCUT2D eigenvalue weighted by atomic mass is 10.2. The van der Waals surface area contributed by atoms with Gasteiger partial charge in [0.25, 0.3) is 5.56 Å². The third kappa shape index (κ3) is 3.05. The Balaban J connectivity index is 1.80. The molecule has 21 heavy (non-hydrogen) atoms. The number of aromatic nitrogens is 2. The molecule has 0 atom stereocenters. The van der Waals surface area contributed by atoms with Gasteiger partial charge in [-0.05, 0) is 11.6 Å². The number of hydrogen-bond acceptors (Lipinski definition) is 7. The molecule has 5 N–H and O–H groups in total. The summed E-state index contributed by atoms with van der Waals surface area (Å²) in [6.45, 7) is 1.04. The zero-order valence-electron chi connectivity index (χ0n) is 11.1. The Morgan fingerprint density at radius 2 is 1.90 bits per heavy atom. The molecule has 0 spiro atoms. The second kappa shape index (κ2) is 5.57. The second-order valence-electron chi connectivity index (χ2n) is 4.46. The molecule has 0 bridgehead atoms. The molecular formula is C13H14N4O3S. The van der Waals surface area contributed by atoms with E-state index in [-0.39, 0.29) is 11.4 Å². The highest BCUT2D eigenvalue weighted by molar-refractivity contribution is 7.98. The van der Waals surface area contributed by atoms with Gasteiger partial charge >= 0.3 is 0 Å². The summed E-state index contributed by atoms with van der Waals surface area (Å²) < 4.78 is 11.0. The molecule has 3 rings (SSSR count). The smallest absolute Gasteiger partial charge is 0.253 e. The minimum Gasteiger partial charge on any atom is -0.486 e. The van der Waals surface area contributed by atoms with E-state index in [0.29, 0.717) is 41.3 Å². The van der Waals surface area contributed by atoms with Crippen LogP contribution in [-0.4, -0.2) is 23.2 Å². The Hall–Kier alpha value is -2.35.